The van der Waals surface area contributed by atoms with Gasteiger partial charge in [0.25, 0.3) is 5.56 Å². The third-order valence-electron chi connectivity index (χ3n) is 3.04. The van der Waals surface area contributed by atoms with E-state index >= 15 is 0 Å². The third-order valence-corrected chi connectivity index (χ3v) is 3.41. The van der Waals surface area contributed by atoms with Gasteiger partial charge < -0.3 is 4.57 Å². The Hall–Kier alpha value is -1.54. The minimum atomic E-state index is -0.0919. The van der Waals surface area contributed by atoms with Gasteiger partial charge in [0.2, 0.25) is 0 Å². The highest BCUT2D eigenvalue weighted by molar-refractivity contribution is 6.29. The van der Waals surface area contributed by atoms with Gasteiger partial charge in [-0.3, -0.25) is 4.79 Å². The maximum absolute atomic E-state index is 11.7. The van der Waals surface area contributed by atoms with E-state index in [1.165, 1.54) is 15.7 Å². The zero-order chi connectivity index (χ0) is 12.6. The molecule has 2 nitrogen and oxygen atoms in total. The van der Waals surface area contributed by atoms with Crippen LogP contribution >= 0.6 is 11.6 Å². The van der Waals surface area contributed by atoms with E-state index in [0.29, 0.717) is 5.15 Å². The van der Waals surface area contributed by atoms with E-state index in [2.05, 4.69) is 26.0 Å². The Morgan fingerprint density at radius 2 is 1.71 bits per heavy atom. The Balaban J connectivity index is 2.61. The lowest BCUT2D eigenvalue weighted by Crippen LogP contribution is -2.15. The van der Waals surface area contributed by atoms with Crippen molar-refractivity contribution in [1.82, 2.24) is 4.57 Å². The lowest BCUT2D eigenvalue weighted by molar-refractivity contribution is 0.862. The van der Waals surface area contributed by atoms with Crippen molar-refractivity contribution in [3.8, 4) is 11.1 Å². The monoisotopic (exact) mass is 247 g/mol. The van der Waals surface area contributed by atoms with Gasteiger partial charge in [-0.1, -0.05) is 29.8 Å². The summed E-state index contributed by atoms with van der Waals surface area (Å²) in [7, 11) is 1.66. The zero-order valence-electron chi connectivity index (χ0n) is 10.1. The molecule has 1 aromatic carbocycles. The number of nitrogens with zero attached hydrogens (tertiary/aromatic N) is 1. The van der Waals surface area contributed by atoms with Crippen molar-refractivity contribution in [3.05, 3.63) is 57.0 Å². The number of halogens is 1. The fraction of sp³-hybridized carbons (Fsp3) is 0.214. The predicted molar refractivity (Wildman–Crippen MR) is 71.6 cm³/mol. The lowest BCUT2D eigenvalue weighted by Gasteiger charge is -2.07. The van der Waals surface area contributed by atoms with Gasteiger partial charge in [-0.2, -0.15) is 0 Å². The first-order valence-electron chi connectivity index (χ1n) is 5.43. The molecule has 0 aliphatic rings. The molecule has 1 heterocycles. The fourth-order valence-corrected chi connectivity index (χ4v) is 1.89. The summed E-state index contributed by atoms with van der Waals surface area (Å²) < 4.78 is 1.42. The molecule has 3 heteroatoms. The van der Waals surface area contributed by atoms with E-state index in [1.807, 2.05) is 12.1 Å². The van der Waals surface area contributed by atoms with Crippen LogP contribution in [-0.2, 0) is 7.05 Å². The van der Waals surface area contributed by atoms with Crippen LogP contribution in [-0.4, -0.2) is 4.57 Å². The Morgan fingerprint density at radius 1 is 1.00 bits per heavy atom. The number of aromatic nitrogens is 1. The van der Waals surface area contributed by atoms with Crippen LogP contribution in [0, 0.1) is 13.8 Å². The summed E-state index contributed by atoms with van der Waals surface area (Å²) in [6, 6.07) is 9.55. The largest absolute Gasteiger partial charge is 0.302 e. The van der Waals surface area contributed by atoms with Crippen molar-refractivity contribution in [1.29, 1.82) is 0 Å². The topological polar surface area (TPSA) is 22.0 Å². The minimum Gasteiger partial charge on any atom is -0.302 e. The number of pyridine rings is 1. The average molecular weight is 248 g/mol. The molecule has 2 aromatic rings. The molecule has 0 atom stereocenters. The van der Waals surface area contributed by atoms with Gasteiger partial charge in [0, 0.05) is 13.1 Å². The first-order valence-corrected chi connectivity index (χ1v) is 5.81. The highest BCUT2D eigenvalue weighted by atomic mass is 35.5. The van der Waals surface area contributed by atoms with E-state index in [4.69, 9.17) is 11.6 Å². The molecule has 0 aliphatic heterocycles. The Kier molecular flexibility index (Phi) is 3.07. The Labute approximate surface area is 105 Å². The predicted octanol–water partition coefficient (Wildman–Crippen LogP) is 3.32. The normalized spacial score (nSPS) is 10.6. The molecule has 2 rings (SSSR count). The van der Waals surface area contributed by atoms with Crippen LogP contribution in [0.25, 0.3) is 11.1 Å². The molecular weight excluding hydrogens is 234 g/mol. The molecule has 0 N–H and O–H groups in total. The summed E-state index contributed by atoms with van der Waals surface area (Å²) in [5, 5.41) is 0.450. The molecule has 0 aliphatic carbocycles. The molecule has 0 fully saturated rings. The van der Waals surface area contributed by atoms with Gasteiger partial charge in [0.05, 0.1) is 0 Å². The molecular formula is C14H14ClNO. The van der Waals surface area contributed by atoms with Gasteiger partial charge >= 0.3 is 0 Å². The summed E-state index contributed by atoms with van der Waals surface area (Å²) in [4.78, 5) is 11.7. The van der Waals surface area contributed by atoms with E-state index in [9.17, 15) is 4.79 Å². The minimum absolute atomic E-state index is 0.0919. The van der Waals surface area contributed by atoms with Crippen molar-refractivity contribution >= 4 is 11.6 Å². The van der Waals surface area contributed by atoms with Crippen LogP contribution in [0.4, 0.5) is 0 Å². The van der Waals surface area contributed by atoms with Gasteiger partial charge in [0.15, 0.2) is 0 Å². The van der Waals surface area contributed by atoms with Gasteiger partial charge in [-0.15, -0.1) is 0 Å². The lowest BCUT2D eigenvalue weighted by atomic mass is 10.0. The van der Waals surface area contributed by atoms with Gasteiger partial charge in [-0.25, -0.2) is 0 Å². The summed E-state index contributed by atoms with van der Waals surface area (Å²) in [6.45, 7) is 4.12. The van der Waals surface area contributed by atoms with Crippen LogP contribution < -0.4 is 5.56 Å². The third kappa shape index (κ3) is 2.27. The standard InChI is InChI=1S/C14H14ClNO/c1-9-4-5-11(6-10(9)2)12-7-13(15)16(3)14(17)8-12/h4-8H,1-3H3. The second-order valence-electron chi connectivity index (χ2n) is 4.26. The fourth-order valence-electron chi connectivity index (χ4n) is 1.69. The highest BCUT2D eigenvalue weighted by Crippen LogP contribution is 2.23. The van der Waals surface area contributed by atoms with Crippen molar-refractivity contribution in [2.75, 3.05) is 0 Å². The summed E-state index contributed by atoms with van der Waals surface area (Å²) >= 11 is 6.00. The SMILES string of the molecule is Cc1ccc(-c2cc(Cl)n(C)c(=O)c2)cc1C. The average Bonchev–Trinajstić information content (AvgIpc) is 2.29. The van der Waals surface area contributed by atoms with E-state index in [-0.39, 0.29) is 5.56 Å². The number of rotatable bonds is 1. The molecule has 0 spiro atoms. The molecule has 88 valence electrons. The number of aryl methyl sites for hydroxylation is 2. The van der Waals surface area contributed by atoms with Crippen LogP contribution in [0.2, 0.25) is 5.15 Å². The van der Waals surface area contributed by atoms with Crippen molar-refractivity contribution < 1.29 is 0 Å². The number of benzene rings is 1. The highest BCUT2D eigenvalue weighted by Gasteiger charge is 2.04. The summed E-state index contributed by atoms with van der Waals surface area (Å²) in [6.07, 6.45) is 0. The van der Waals surface area contributed by atoms with Crippen LogP contribution in [0.1, 0.15) is 11.1 Å². The number of hydrogen-bond acceptors (Lipinski definition) is 1. The summed E-state index contributed by atoms with van der Waals surface area (Å²) in [5.74, 6) is 0. The van der Waals surface area contributed by atoms with E-state index in [1.54, 1.807) is 13.1 Å². The molecule has 0 bridgehead atoms. The van der Waals surface area contributed by atoms with Crippen molar-refractivity contribution in [3.63, 3.8) is 0 Å². The first-order chi connectivity index (χ1) is 7.99. The maximum atomic E-state index is 11.7. The summed E-state index contributed by atoms with van der Waals surface area (Å²) in [5.41, 5.74) is 4.24. The quantitative estimate of drug-likeness (QED) is 0.709. The Morgan fingerprint density at radius 3 is 2.29 bits per heavy atom. The van der Waals surface area contributed by atoms with E-state index < -0.39 is 0 Å². The molecule has 17 heavy (non-hydrogen) atoms. The Bertz CT molecular complexity index is 629. The van der Waals surface area contributed by atoms with Crippen molar-refractivity contribution in [2.24, 2.45) is 7.05 Å². The van der Waals surface area contributed by atoms with Gasteiger partial charge in [-0.05, 0) is 42.2 Å². The smallest absolute Gasteiger partial charge is 0.252 e. The molecule has 0 unspecified atom stereocenters. The second kappa shape index (κ2) is 4.38. The van der Waals surface area contributed by atoms with Crippen LogP contribution in [0.3, 0.4) is 0 Å². The molecule has 1 aromatic heterocycles. The van der Waals surface area contributed by atoms with Crippen LogP contribution in [0.15, 0.2) is 35.1 Å². The molecule has 0 saturated heterocycles. The van der Waals surface area contributed by atoms with Gasteiger partial charge in [0.1, 0.15) is 5.15 Å². The second-order valence-corrected chi connectivity index (χ2v) is 4.65. The molecule has 0 amide bonds. The molecule has 0 radical (unpaired) electrons. The first kappa shape index (κ1) is 11.9. The van der Waals surface area contributed by atoms with E-state index in [0.717, 1.165) is 11.1 Å². The number of hydrogen-bond donors (Lipinski definition) is 0. The zero-order valence-corrected chi connectivity index (χ0v) is 10.9. The maximum Gasteiger partial charge on any atom is 0.252 e. The molecule has 0 saturated carbocycles. The van der Waals surface area contributed by atoms with Crippen LogP contribution in [0.5, 0.6) is 0 Å². The van der Waals surface area contributed by atoms with Crippen molar-refractivity contribution in [2.45, 2.75) is 13.8 Å².